The topological polar surface area (TPSA) is 74.9 Å². The Kier molecular flexibility index (Phi) is 4.97. The first-order valence-corrected chi connectivity index (χ1v) is 7.44. The summed E-state index contributed by atoms with van der Waals surface area (Å²) in [6.45, 7) is 4.18. The molecule has 5 nitrogen and oxygen atoms in total. The van der Waals surface area contributed by atoms with Gasteiger partial charge >= 0.3 is 0 Å². The van der Waals surface area contributed by atoms with E-state index in [2.05, 4.69) is 5.32 Å². The van der Waals surface area contributed by atoms with Gasteiger partial charge in [-0.25, -0.2) is 0 Å². The molecule has 0 atom stereocenters. The Labute approximate surface area is 135 Å². The predicted octanol–water partition coefficient (Wildman–Crippen LogP) is 2.06. The Morgan fingerprint density at radius 1 is 1.30 bits per heavy atom. The van der Waals surface area contributed by atoms with Gasteiger partial charge in [0.1, 0.15) is 5.56 Å². The number of aromatic nitrogens is 1. The number of rotatable bonds is 4. The number of hydrogen-bond acceptors (Lipinski definition) is 3. The van der Waals surface area contributed by atoms with Crippen molar-refractivity contribution in [3.05, 3.63) is 68.6 Å². The molecule has 0 saturated carbocycles. The van der Waals surface area contributed by atoms with E-state index in [4.69, 9.17) is 5.26 Å². The lowest BCUT2D eigenvalue weighted by molar-refractivity contribution is 0.0948. The predicted molar refractivity (Wildman–Crippen MR) is 88.1 cm³/mol. The van der Waals surface area contributed by atoms with Gasteiger partial charge in [-0.1, -0.05) is 19.1 Å². The van der Waals surface area contributed by atoms with Crippen molar-refractivity contribution in [3.8, 4) is 6.07 Å². The van der Waals surface area contributed by atoms with Crippen LogP contribution in [0.5, 0.6) is 0 Å². The third-order valence-corrected chi connectivity index (χ3v) is 3.87. The van der Waals surface area contributed by atoms with Crippen LogP contribution in [-0.4, -0.2) is 10.5 Å². The van der Waals surface area contributed by atoms with Crippen LogP contribution >= 0.6 is 0 Å². The molecule has 1 aromatic carbocycles. The SMILES string of the molecule is CCc1c(C)cc(C(=O)NCc2ccc(C#N)cc2)c(=O)n1C. The molecule has 0 spiro atoms. The largest absolute Gasteiger partial charge is 0.348 e. The summed E-state index contributed by atoms with van der Waals surface area (Å²) in [5, 5.41) is 11.5. The van der Waals surface area contributed by atoms with Gasteiger partial charge in [-0.05, 0) is 42.7 Å². The van der Waals surface area contributed by atoms with E-state index in [-0.39, 0.29) is 17.0 Å². The highest BCUT2D eigenvalue weighted by molar-refractivity contribution is 5.94. The molecular weight excluding hydrogens is 290 g/mol. The maximum Gasteiger partial charge on any atom is 0.263 e. The van der Waals surface area contributed by atoms with E-state index in [0.29, 0.717) is 12.1 Å². The van der Waals surface area contributed by atoms with Crippen LogP contribution in [0.25, 0.3) is 0 Å². The monoisotopic (exact) mass is 309 g/mol. The molecule has 0 bridgehead atoms. The first-order valence-electron chi connectivity index (χ1n) is 7.44. The summed E-state index contributed by atoms with van der Waals surface area (Å²) in [5.41, 5.74) is 3.16. The molecule has 0 radical (unpaired) electrons. The number of nitrogens with zero attached hydrogens (tertiary/aromatic N) is 2. The average molecular weight is 309 g/mol. The van der Waals surface area contributed by atoms with Crippen molar-refractivity contribution in [2.75, 3.05) is 0 Å². The fourth-order valence-corrected chi connectivity index (χ4v) is 2.58. The number of amides is 1. The van der Waals surface area contributed by atoms with Gasteiger partial charge in [-0.3, -0.25) is 9.59 Å². The van der Waals surface area contributed by atoms with Crippen molar-refractivity contribution < 1.29 is 4.79 Å². The zero-order chi connectivity index (χ0) is 17.0. The quantitative estimate of drug-likeness (QED) is 0.939. The molecule has 23 heavy (non-hydrogen) atoms. The Morgan fingerprint density at radius 3 is 2.52 bits per heavy atom. The van der Waals surface area contributed by atoms with Gasteiger partial charge in [0.2, 0.25) is 0 Å². The van der Waals surface area contributed by atoms with Gasteiger partial charge in [0.25, 0.3) is 11.5 Å². The van der Waals surface area contributed by atoms with Crippen LogP contribution in [0.2, 0.25) is 0 Å². The minimum absolute atomic E-state index is 0.149. The minimum atomic E-state index is -0.388. The van der Waals surface area contributed by atoms with Crippen LogP contribution in [0.3, 0.4) is 0 Å². The second-order valence-corrected chi connectivity index (χ2v) is 5.40. The second kappa shape index (κ2) is 6.93. The number of carbonyl (C=O) groups excluding carboxylic acids is 1. The van der Waals surface area contributed by atoms with Gasteiger partial charge in [0.15, 0.2) is 0 Å². The molecule has 1 N–H and O–H groups in total. The first kappa shape index (κ1) is 16.5. The van der Waals surface area contributed by atoms with Crippen LogP contribution in [0.15, 0.2) is 35.1 Å². The van der Waals surface area contributed by atoms with Gasteiger partial charge in [-0.2, -0.15) is 5.26 Å². The van der Waals surface area contributed by atoms with Crippen LogP contribution in [0, 0.1) is 18.3 Å². The molecule has 0 saturated heterocycles. The molecular formula is C18H19N3O2. The van der Waals surface area contributed by atoms with E-state index in [0.717, 1.165) is 23.2 Å². The number of carbonyl (C=O) groups is 1. The van der Waals surface area contributed by atoms with Gasteiger partial charge in [0, 0.05) is 19.3 Å². The lowest BCUT2D eigenvalue weighted by atomic mass is 10.1. The third-order valence-electron chi connectivity index (χ3n) is 3.87. The molecule has 0 fully saturated rings. The fraction of sp³-hybridized carbons (Fsp3) is 0.278. The van der Waals surface area contributed by atoms with Crippen LogP contribution < -0.4 is 10.9 Å². The van der Waals surface area contributed by atoms with Gasteiger partial charge < -0.3 is 9.88 Å². The van der Waals surface area contributed by atoms with Crippen molar-refractivity contribution >= 4 is 5.91 Å². The van der Waals surface area contributed by atoms with E-state index in [1.165, 1.54) is 4.57 Å². The van der Waals surface area contributed by atoms with Crippen molar-refractivity contribution in [2.45, 2.75) is 26.8 Å². The molecule has 0 aliphatic carbocycles. The standard InChI is InChI=1S/C18H19N3O2/c1-4-16-12(2)9-15(18(23)21(16)3)17(22)20-11-14-7-5-13(10-19)6-8-14/h5-9H,4,11H2,1-3H3,(H,20,22). The van der Waals surface area contributed by atoms with Crippen molar-refractivity contribution in [2.24, 2.45) is 7.05 Å². The number of hydrogen-bond donors (Lipinski definition) is 1. The third kappa shape index (κ3) is 3.49. The lowest BCUT2D eigenvalue weighted by Gasteiger charge is -2.12. The summed E-state index contributed by atoms with van der Waals surface area (Å²) in [4.78, 5) is 24.6. The molecule has 0 aliphatic heterocycles. The van der Waals surface area contributed by atoms with E-state index < -0.39 is 0 Å². The number of nitriles is 1. The highest BCUT2D eigenvalue weighted by Crippen LogP contribution is 2.08. The van der Waals surface area contributed by atoms with E-state index in [9.17, 15) is 9.59 Å². The highest BCUT2D eigenvalue weighted by Gasteiger charge is 2.15. The maximum absolute atomic E-state index is 12.3. The average Bonchev–Trinajstić information content (AvgIpc) is 2.57. The summed E-state index contributed by atoms with van der Waals surface area (Å²) in [6, 6.07) is 10.6. The molecule has 1 amide bonds. The molecule has 0 unspecified atom stereocenters. The summed E-state index contributed by atoms with van der Waals surface area (Å²) in [7, 11) is 1.69. The number of nitrogens with one attached hydrogen (secondary N) is 1. The van der Waals surface area contributed by atoms with E-state index in [1.807, 2.05) is 19.9 Å². The normalized spacial score (nSPS) is 10.2. The summed E-state index contributed by atoms with van der Waals surface area (Å²) < 4.78 is 1.53. The minimum Gasteiger partial charge on any atom is -0.348 e. The molecule has 5 heteroatoms. The molecule has 1 heterocycles. The Balaban J connectivity index is 2.18. The fourth-order valence-electron chi connectivity index (χ4n) is 2.58. The number of benzene rings is 1. The lowest BCUT2D eigenvalue weighted by Crippen LogP contribution is -2.33. The summed E-state index contributed by atoms with van der Waals surface area (Å²) >= 11 is 0. The van der Waals surface area contributed by atoms with Crippen LogP contribution in [-0.2, 0) is 20.0 Å². The first-order chi connectivity index (χ1) is 11.0. The van der Waals surface area contributed by atoms with Gasteiger partial charge in [-0.15, -0.1) is 0 Å². The van der Waals surface area contributed by atoms with E-state index >= 15 is 0 Å². The number of aryl methyl sites for hydroxylation is 1. The molecule has 0 aliphatic rings. The summed E-state index contributed by atoms with van der Waals surface area (Å²) in [5.74, 6) is -0.388. The van der Waals surface area contributed by atoms with Crippen LogP contribution in [0.4, 0.5) is 0 Å². The smallest absolute Gasteiger partial charge is 0.263 e. The molecule has 118 valence electrons. The molecule has 2 aromatic rings. The van der Waals surface area contributed by atoms with Crippen molar-refractivity contribution in [1.29, 1.82) is 5.26 Å². The Bertz CT molecular complexity index is 827. The molecule has 1 aromatic heterocycles. The Morgan fingerprint density at radius 2 is 1.96 bits per heavy atom. The second-order valence-electron chi connectivity index (χ2n) is 5.40. The highest BCUT2D eigenvalue weighted by atomic mass is 16.2. The Hall–Kier alpha value is -2.87. The van der Waals surface area contributed by atoms with Crippen molar-refractivity contribution in [3.63, 3.8) is 0 Å². The maximum atomic E-state index is 12.3. The zero-order valence-electron chi connectivity index (χ0n) is 13.5. The summed E-state index contributed by atoms with van der Waals surface area (Å²) in [6.07, 6.45) is 0.741. The zero-order valence-corrected chi connectivity index (χ0v) is 13.5. The van der Waals surface area contributed by atoms with Gasteiger partial charge in [0.05, 0.1) is 11.6 Å². The number of pyridine rings is 1. The van der Waals surface area contributed by atoms with Crippen LogP contribution in [0.1, 0.15) is 39.7 Å². The van der Waals surface area contributed by atoms with Crippen molar-refractivity contribution in [1.82, 2.24) is 9.88 Å². The molecule has 2 rings (SSSR count). The van der Waals surface area contributed by atoms with E-state index in [1.54, 1.807) is 37.4 Å².